The van der Waals surface area contributed by atoms with Crippen molar-refractivity contribution in [3.8, 4) is 17.3 Å². The number of anilines is 1. The van der Waals surface area contributed by atoms with E-state index < -0.39 is 0 Å². The molecule has 0 amide bonds. The summed E-state index contributed by atoms with van der Waals surface area (Å²) in [6, 6.07) is 21.1. The average Bonchev–Trinajstić information content (AvgIpc) is 3.29. The van der Waals surface area contributed by atoms with Crippen molar-refractivity contribution in [2.45, 2.75) is 6.54 Å². The van der Waals surface area contributed by atoms with E-state index in [0.29, 0.717) is 18.3 Å². The number of hydrogen-bond acceptors (Lipinski definition) is 4. The molecular weight excluding hydrogens is 491 g/mol. The lowest BCUT2D eigenvalue weighted by atomic mass is 10.3. The second-order valence-corrected chi connectivity index (χ2v) is 6.26. The van der Waals surface area contributed by atoms with E-state index in [4.69, 9.17) is 10.5 Å². The highest BCUT2D eigenvalue weighted by atomic mass is 127. The highest BCUT2D eigenvalue weighted by Gasteiger charge is 2.01. The van der Waals surface area contributed by atoms with Gasteiger partial charge in [-0.2, -0.15) is 0 Å². The third kappa shape index (κ3) is 5.80. The van der Waals surface area contributed by atoms with Crippen molar-refractivity contribution in [1.82, 2.24) is 14.5 Å². The number of nitrogens with two attached hydrogens (primary N) is 1. The highest BCUT2D eigenvalue weighted by molar-refractivity contribution is 14.0. The van der Waals surface area contributed by atoms with Gasteiger partial charge in [0.25, 0.3) is 0 Å². The summed E-state index contributed by atoms with van der Waals surface area (Å²) in [5.41, 5.74) is 7.79. The van der Waals surface area contributed by atoms with Crippen LogP contribution in [0, 0.1) is 0 Å². The van der Waals surface area contributed by atoms with Crippen LogP contribution in [0.1, 0.15) is 5.56 Å². The first-order valence-corrected chi connectivity index (χ1v) is 9.09. The number of hydrogen-bond donors (Lipinski definition) is 2. The van der Waals surface area contributed by atoms with Crippen LogP contribution in [0.25, 0.3) is 5.82 Å². The van der Waals surface area contributed by atoms with E-state index >= 15 is 0 Å². The van der Waals surface area contributed by atoms with Crippen molar-refractivity contribution in [2.75, 3.05) is 5.32 Å². The molecule has 0 aliphatic heterocycles. The van der Waals surface area contributed by atoms with Crippen molar-refractivity contribution < 1.29 is 4.74 Å². The van der Waals surface area contributed by atoms with Crippen LogP contribution >= 0.6 is 24.0 Å². The Morgan fingerprint density at radius 1 is 1.03 bits per heavy atom. The number of ether oxygens (including phenoxy) is 1. The molecule has 0 aliphatic rings. The molecule has 4 rings (SSSR count). The molecule has 3 N–H and O–H groups in total. The first-order chi connectivity index (χ1) is 14.3. The van der Waals surface area contributed by atoms with Crippen molar-refractivity contribution >= 4 is 35.6 Å². The standard InChI is InChI=1S/C22H20N6O.HI/c23-22(26-15-17-9-10-21(25-14-17)28-12-11-24-16-28)27-18-5-4-8-20(13-18)29-19-6-2-1-3-7-19;/h1-14,16H,15H2,(H3,23,26,27);1H. The third-order valence-corrected chi connectivity index (χ3v) is 4.10. The quantitative estimate of drug-likeness (QED) is 0.224. The Hall–Kier alpha value is -3.40. The molecule has 0 saturated carbocycles. The van der Waals surface area contributed by atoms with Crippen molar-refractivity contribution in [3.63, 3.8) is 0 Å². The minimum atomic E-state index is 0. The summed E-state index contributed by atoms with van der Waals surface area (Å²) < 4.78 is 7.68. The summed E-state index contributed by atoms with van der Waals surface area (Å²) in [5.74, 6) is 2.61. The number of nitrogens with one attached hydrogen (secondary N) is 1. The van der Waals surface area contributed by atoms with Gasteiger partial charge in [-0.1, -0.05) is 30.3 Å². The molecule has 30 heavy (non-hydrogen) atoms. The van der Waals surface area contributed by atoms with Crippen molar-refractivity contribution in [3.05, 3.63) is 97.2 Å². The zero-order valence-corrected chi connectivity index (χ0v) is 18.4. The average molecular weight is 512 g/mol. The lowest BCUT2D eigenvalue weighted by Gasteiger charge is -2.09. The summed E-state index contributed by atoms with van der Waals surface area (Å²) in [7, 11) is 0. The maximum atomic E-state index is 6.03. The molecule has 8 heteroatoms. The lowest BCUT2D eigenvalue weighted by molar-refractivity contribution is 0.483. The smallest absolute Gasteiger partial charge is 0.193 e. The minimum absolute atomic E-state index is 0. The summed E-state index contributed by atoms with van der Waals surface area (Å²) in [6.07, 6.45) is 7.04. The van der Waals surface area contributed by atoms with Crippen LogP contribution in [0.4, 0.5) is 5.69 Å². The van der Waals surface area contributed by atoms with Gasteiger partial charge in [0.05, 0.1) is 6.54 Å². The van der Waals surface area contributed by atoms with Gasteiger partial charge in [-0.3, -0.25) is 4.57 Å². The van der Waals surface area contributed by atoms with Crippen LogP contribution in [0.3, 0.4) is 0 Å². The molecule has 4 aromatic rings. The van der Waals surface area contributed by atoms with Crippen molar-refractivity contribution in [2.24, 2.45) is 10.7 Å². The SMILES string of the molecule is I.NC(=NCc1ccc(-n2ccnc2)nc1)Nc1cccc(Oc2ccccc2)c1. The molecule has 0 aliphatic carbocycles. The predicted octanol–water partition coefficient (Wildman–Crippen LogP) is 4.60. The first kappa shape index (κ1) is 21.3. The number of pyridine rings is 1. The Labute approximate surface area is 191 Å². The van der Waals surface area contributed by atoms with E-state index in [9.17, 15) is 0 Å². The maximum absolute atomic E-state index is 6.03. The predicted molar refractivity (Wildman–Crippen MR) is 129 cm³/mol. The third-order valence-electron chi connectivity index (χ3n) is 4.10. The second kappa shape index (κ2) is 10.4. The van der Waals surface area contributed by atoms with E-state index in [1.54, 1.807) is 18.7 Å². The lowest BCUT2D eigenvalue weighted by Crippen LogP contribution is -2.22. The van der Waals surface area contributed by atoms with E-state index in [0.717, 1.165) is 22.8 Å². The number of imidazole rings is 1. The van der Waals surface area contributed by atoms with Crippen LogP contribution < -0.4 is 15.8 Å². The number of guanidine groups is 1. The fourth-order valence-electron chi connectivity index (χ4n) is 2.68. The Morgan fingerprint density at radius 3 is 2.60 bits per heavy atom. The molecule has 7 nitrogen and oxygen atoms in total. The van der Waals surface area contributed by atoms with E-state index in [-0.39, 0.29) is 24.0 Å². The molecular formula is C22H21IN6O. The Balaban J connectivity index is 0.00000256. The van der Waals surface area contributed by atoms with Gasteiger partial charge >= 0.3 is 0 Å². The maximum Gasteiger partial charge on any atom is 0.193 e. The van der Waals surface area contributed by atoms with Crippen LogP contribution in [-0.2, 0) is 6.54 Å². The van der Waals surface area contributed by atoms with E-state index in [1.165, 1.54) is 0 Å². The molecule has 0 fully saturated rings. The Morgan fingerprint density at radius 2 is 1.87 bits per heavy atom. The van der Waals surface area contributed by atoms with E-state index in [1.807, 2.05) is 77.5 Å². The van der Waals surface area contributed by atoms with Gasteiger partial charge in [0, 0.05) is 30.3 Å². The number of halogens is 1. The molecule has 0 bridgehead atoms. The molecule has 2 aromatic heterocycles. The van der Waals surface area contributed by atoms with E-state index in [2.05, 4.69) is 20.3 Å². The van der Waals surface area contributed by atoms with Crippen molar-refractivity contribution in [1.29, 1.82) is 0 Å². The first-order valence-electron chi connectivity index (χ1n) is 9.09. The molecule has 0 saturated heterocycles. The number of nitrogens with zero attached hydrogens (tertiary/aromatic N) is 4. The summed E-state index contributed by atoms with van der Waals surface area (Å²) >= 11 is 0. The summed E-state index contributed by atoms with van der Waals surface area (Å²) in [6.45, 7) is 0.427. The fourth-order valence-corrected chi connectivity index (χ4v) is 2.68. The number of rotatable bonds is 6. The molecule has 0 atom stereocenters. The minimum Gasteiger partial charge on any atom is -0.457 e. The topological polar surface area (TPSA) is 90.4 Å². The highest BCUT2D eigenvalue weighted by Crippen LogP contribution is 2.23. The van der Waals surface area contributed by atoms with Gasteiger partial charge in [0.15, 0.2) is 5.96 Å². The number of para-hydroxylation sites is 1. The molecule has 0 radical (unpaired) electrons. The molecule has 2 heterocycles. The zero-order chi connectivity index (χ0) is 19.9. The second-order valence-electron chi connectivity index (χ2n) is 6.26. The van der Waals surface area contributed by atoms with Gasteiger partial charge in [-0.05, 0) is 35.9 Å². The number of aliphatic imine (C=N–C) groups is 1. The van der Waals surface area contributed by atoms with Crippen LogP contribution in [0.15, 0.2) is 96.6 Å². The molecule has 0 unspecified atom stereocenters. The normalized spacial score (nSPS) is 10.9. The largest absolute Gasteiger partial charge is 0.457 e. The number of benzene rings is 2. The van der Waals surface area contributed by atoms with Gasteiger partial charge in [0.1, 0.15) is 23.6 Å². The Bertz CT molecular complexity index is 1080. The Kier molecular flexibility index (Phi) is 7.39. The van der Waals surface area contributed by atoms with Crippen LogP contribution in [0.5, 0.6) is 11.5 Å². The molecule has 152 valence electrons. The van der Waals surface area contributed by atoms with Gasteiger partial charge in [-0.25, -0.2) is 15.0 Å². The number of aromatic nitrogens is 3. The summed E-state index contributed by atoms with van der Waals surface area (Å²) in [4.78, 5) is 12.8. The van der Waals surface area contributed by atoms with Gasteiger partial charge in [-0.15, -0.1) is 24.0 Å². The monoisotopic (exact) mass is 512 g/mol. The van der Waals surface area contributed by atoms with Gasteiger partial charge in [0.2, 0.25) is 0 Å². The van der Waals surface area contributed by atoms with Crippen LogP contribution in [0.2, 0.25) is 0 Å². The van der Waals surface area contributed by atoms with Gasteiger partial charge < -0.3 is 15.8 Å². The molecule has 0 spiro atoms. The fraction of sp³-hybridized carbons (Fsp3) is 0.0455. The van der Waals surface area contributed by atoms with Crippen LogP contribution in [-0.4, -0.2) is 20.5 Å². The molecule has 2 aromatic carbocycles. The zero-order valence-electron chi connectivity index (χ0n) is 16.1. The summed E-state index contributed by atoms with van der Waals surface area (Å²) in [5, 5.41) is 3.09.